The summed E-state index contributed by atoms with van der Waals surface area (Å²) >= 11 is 0. The van der Waals surface area contributed by atoms with E-state index in [0.29, 0.717) is 12.0 Å². The molecular formula is C15H22FNO. The normalized spacial score (nSPS) is 21.1. The molecule has 0 aliphatic carbocycles. The third kappa shape index (κ3) is 4.07. The highest BCUT2D eigenvalue weighted by Crippen LogP contribution is 2.22. The summed E-state index contributed by atoms with van der Waals surface area (Å²) in [4.78, 5) is 0. The summed E-state index contributed by atoms with van der Waals surface area (Å²) < 4.78 is 18.6. The molecule has 2 nitrogen and oxygen atoms in total. The van der Waals surface area contributed by atoms with Crippen LogP contribution in [-0.2, 0) is 11.2 Å². The van der Waals surface area contributed by atoms with E-state index in [2.05, 4.69) is 5.32 Å². The van der Waals surface area contributed by atoms with Crippen LogP contribution in [0, 0.1) is 11.7 Å². The maximum Gasteiger partial charge on any atom is 0.123 e. The number of rotatable bonds is 6. The van der Waals surface area contributed by atoms with Gasteiger partial charge >= 0.3 is 0 Å². The van der Waals surface area contributed by atoms with Gasteiger partial charge in [0.25, 0.3) is 0 Å². The molecule has 0 aromatic heterocycles. The number of halogens is 1. The zero-order chi connectivity index (χ0) is 12.8. The molecule has 1 fully saturated rings. The van der Waals surface area contributed by atoms with Gasteiger partial charge in [0.2, 0.25) is 0 Å². The van der Waals surface area contributed by atoms with Crippen LogP contribution in [0.3, 0.4) is 0 Å². The van der Waals surface area contributed by atoms with Crippen molar-refractivity contribution >= 4 is 0 Å². The minimum absolute atomic E-state index is 0.164. The summed E-state index contributed by atoms with van der Waals surface area (Å²) in [5, 5.41) is 3.24. The molecule has 1 aliphatic heterocycles. The van der Waals surface area contributed by atoms with Crippen LogP contribution in [0.5, 0.6) is 0 Å². The van der Waals surface area contributed by atoms with E-state index in [4.69, 9.17) is 4.74 Å². The lowest BCUT2D eigenvalue weighted by molar-refractivity contribution is 0.0895. The summed E-state index contributed by atoms with van der Waals surface area (Å²) in [5.41, 5.74) is 1.20. The molecule has 1 aromatic carbocycles. The minimum atomic E-state index is -0.164. The summed E-state index contributed by atoms with van der Waals surface area (Å²) in [5.74, 6) is 0.395. The van der Waals surface area contributed by atoms with E-state index in [1.54, 1.807) is 0 Å². The number of nitrogens with one attached hydrogen (secondary N) is 1. The Hall–Kier alpha value is -0.930. The molecule has 1 heterocycles. The van der Waals surface area contributed by atoms with Crippen molar-refractivity contribution in [2.75, 3.05) is 20.2 Å². The van der Waals surface area contributed by atoms with Gasteiger partial charge in [0.1, 0.15) is 5.82 Å². The number of ether oxygens (including phenoxy) is 1. The molecule has 0 spiro atoms. The molecule has 1 aliphatic rings. The second-order valence-corrected chi connectivity index (χ2v) is 5.13. The summed E-state index contributed by atoms with van der Waals surface area (Å²) in [6.07, 6.45) is 4.87. The summed E-state index contributed by atoms with van der Waals surface area (Å²) in [6, 6.07) is 6.84. The van der Waals surface area contributed by atoms with E-state index in [9.17, 15) is 4.39 Å². The molecule has 1 saturated heterocycles. The van der Waals surface area contributed by atoms with Crippen molar-refractivity contribution in [3.8, 4) is 0 Å². The highest BCUT2D eigenvalue weighted by Gasteiger charge is 2.20. The molecule has 2 unspecified atom stereocenters. The molecule has 18 heavy (non-hydrogen) atoms. The number of benzene rings is 1. The highest BCUT2D eigenvalue weighted by atomic mass is 19.1. The summed E-state index contributed by atoms with van der Waals surface area (Å²) in [7, 11) is 1.98. The first-order valence-corrected chi connectivity index (χ1v) is 6.78. The van der Waals surface area contributed by atoms with Crippen molar-refractivity contribution in [3.05, 3.63) is 35.6 Å². The van der Waals surface area contributed by atoms with Crippen molar-refractivity contribution < 1.29 is 9.13 Å². The average Bonchev–Trinajstić information content (AvgIpc) is 2.85. The van der Waals surface area contributed by atoms with Crippen LogP contribution in [0.25, 0.3) is 0 Å². The van der Waals surface area contributed by atoms with Crippen molar-refractivity contribution in [1.82, 2.24) is 5.32 Å². The first kappa shape index (κ1) is 13.5. The maximum atomic E-state index is 12.9. The number of hydrogen-bond acceptors (Lipinski definition) is 2. The largest absolute Gasteiger partial charge is 0.378 e. The Morgan fingerprint density at radius 1 is 1.39 bits per heavy atom. The van der Waals surface area contributed by atoms with Gasteiger partial charge in [0.05, 0.1) is 6.10 Å². The van der Waals surface area contributed by atoms with Gasteiger partial charge in [-0.15, -0.1) is 0 Å². The molecular weight excluding hydrogens is 229 g/mol. The van der Waals surface area contributed by atoms with E-state index >= 15 is 0 Å². The smallest absolute Gasteiger partial charge is 0.123 e. The monoisotopic (exact) mass is 251 g/mol. The van der Waals surface area contributed by atoms with Gasteiger partial charge in [-0.1, -0.05) is 12.1 Å². The Morgan fingerprint density at radius 3 is 2.78 bits per heavy atom. The van der Waals surface area contributed by atoms with Crippen molar-refractivity contribution in [2.45, 2.75) is 31.8 Å². The average molecular weight is 251 g/mol. The van der Waals surface area contributed by atoms with E-state index in [1.165, 1.54) is 30.5 Å². The second kappa shape index (κ2) is 6.86. The van der Waals surface area contributed by atoms with Crippen LogP contribution < -0.4 is 5.32 Å². The van der Waals surface area contributed by atoms with Gasteiger partial charge < -0.3 is 10.1 Å². The van der Waals surface area contributed by atoms with E-state index in [-0.39, 0.29) is 5.82 Å². The predicted octanol–water partition coefficient (Wildman–Crippen LogP) is 2.77. The molecule has 0 amide bonds. The first-order valence-electron chi connectivity index (χ1n) is 6.78. The Kier molecular flexibility index (Phi) is 5.14. The molecule has 0 bridgehead atoms. The first-order chi connectivity index (χ1) is 8.78. The van der Waals surface area contributed by atoms with Gasteiger partial charge in [-0.3, -0.25) is 0 Å². The van der Waals surface area contributed by atoms with Crippen LogP contribution in [-0.4, -0.2) is 26.3 Å². The lowest BCUT2D eigenvalue weighted by Gasteiger charge is -2.20. The Labute approximate surface area is 109 Å². The maximum absolute atomic E-state index is 12.9. The van der Waals surface area contributed by atoms with Gasteiger partial charge in [-0.05, 0) is 62.9 Å². The van der Waals surface area contributed by atoms with Crippen molar-refractivity contribution in [1.29, 1.82) is 0 Å². The lowest BCUT2D eigenvalue weighted by atomic mass is 9.92. The standard InChI is InChI=1S/C15H22FNO/c1-17-11-13(10-15-3-2-8-18-15)9-12-4-6-14(16)7-5-12/h4-7,13,15,17H,2-3,8-11H2,1H3. The molecule has 2 rings (SSSR count). The SMILES string of the molecule is CNCC(Cc1ccc(F)cc1)CC1CCCO1. The Morgan fingerprint density at radius 2 is 2.17 bits per heavy atom. The molecule has 0 saturated carbocycles. The third-order valence-corrected chi connectivity index (χ3v) is 3.55. The molecule has 1 aromatic rings. The Bertz CT molecular complexity index is 346. The second-order valence-electron chi connectivity index (χ2n) is 5.13. The Balaban J connectivity index is 1.90. The fourth-order valence-corrected chi connectivity index (χ4v) is 2.68. The van der Waals surface area contributed by atoms with E-state index < -0.39 is 0 Å². The van der Waals surface area contributed by atoms with Gasteiger partial charge in [-0.25, -0.2) is 4.39 Å². The van der Waals surface area contributed by atoms with Crippen LogP contribution in [0.2, 0.25) is 0 Å². The predicted molar refractivity (Wildman–Crippen MR) is 71.1 cm³/mol. The molecule has 1 N–H and O–H groups in total. The molecule has 3 heteroatoms. The van der Waals surface area contributed by atoms with Crippen LogP contribution >= 0.6 is 0 Å². The van der Waals surface area contributed by atoms with E-state index in [0.717, 1.165) is 26.0 Å². The highest BCUT2D eigenvalue weighted by molar-refractivity contribution is 5.16. The van der Waals surface area contributed by atoms with Gasteiger partial charge in [0, 0.05) is 6.61 Å². The van der Waals surface area contributed by atoms with Gasteiger partial charge in [-0.2, -0.15) is 0 Å². The van der Waals surface area contributed by atoms with Crippen molar-refractivity contribution in [3.63, 3.8) is 0 Å². The van der Waals surface area contributed by atoms with Crippen LogP contribution in [0.1, 0.15) is 24.8 Å². The van der Waals surface area contributed by atoms with Crippen LogP contribution in [0.4, 0.5) is 4.39 Å². The quantitative estimate of drug-likeness (QED) is 0.839. The van der Waals surface area contributed by atoms with E-state index in [1.807, 2.05) is 19.2 Å². The lowest BCUT2D eigenvalue weighted by Crippen LogP contribution is -2.25. The third-order valence-electron chi connectivity index (χ3n) is 3.55. The topological polar surface area (TPSA) is 21.3 Å². The zero-order valence-corrected chi connectivity index (χ0v) is 11.0. The molecule has 2 atom stereocenters. The van der Waals surface area contributed by atoms with Crippen LogP contribution in [0.15, 0.2) is 24.3 Å². The zero-order valence-electron chi connectivity index (χ0n) is 11.0. The molecule has 100 valence electrons. The summed E-state index contributed by atoms with van der Waals surface area (Å²) in [6.45, 7) is 1.89. The van der Waals surface area contributed by atoms with Gasteiger partial charge in [0.15, 0.2) is 0 Å². The fraction of sp³-hybridized carbons (Fsp3) is 0.600. The fourth-order valence-electron chi connectivity index (χ4n) is 2.68. The number of hydrogen-bond donors (Lipinski definition) is 1. The van der Waals surface area contributed by atoms with Crippen molar-refractivity contribution in [2.24, 2.45) is 5.92 Å². The molecule has 0 radical (unpaired) electrons. The minimum Gasteiger partial charge on any atom is -0.378 e.